The van der Waals surface area contributed by atoms with Crippen LogP contribution in [-0.2, 0) is 25.7 Å². The van der Waals surface area contributed by atoms with Crippen LogP contribution in [0, 0.1) is 6.92 Å². The van der Waals surface area contributed by atoms with Gasteiger partial charge in [0.2, 0.25) is 17.7 Å². The molecule has 2 aromatic heterocycles. The van der Waals surface area contributed by atoms with Gasteiger partial charge in [0.05, 0.1) is 12.0 Å². The van der Waals surface area contributed by atoms with Gasteiger partial charge in [-0.3, -0.25) is 19.2 Å². The second-order valence-electron chi connectivity index (χ2n) is 9.28. The minimum Gasteiger partial charge on any atom is -0.481 e. The number of carbonyl (C=O) groups excluding carboxylic acids is 4. The van der Waals surface area contributed by atoms with Gasteiger partial charge in [-0.2, -0.15) is 0 Å². The van der Waals surface area contributed by atoms with Crippen molar-refractivity contribution in [2.45, 2.75) is 56.7 Å². The number of nitrogens with one attached hydrogen (secondary N) is 1. The summed E-state index contributed by atoms with van der Waals surface area (Å²) in [7, 11) is 5.87. The van der Waals surface area contributed by atoms with E-state index in [0.717, 1.165) is 28.5 Å². The van der Waals surface area contributed by atoms with E-state index in [1.807, 2.05) is 0 Å². The highest BCUT2D eigenvalue weighted by Gasteiger charge is 2.29. The van der Waals surface area contributed by atoms with E-state index in [1.165, 1.54) is 42.9 Å². The molecule has 0 radical (unpaired) electrons. The van der Waals surface area contributed by atoms with Crippen molar-refractivity contribution in [1.82, 2.24) is 20.1 Å². The van der Waals surface area contributed by atoms with Crippen LogP contribution in [0.2, 0.25) is 0 Å². The zero-order valence-electron chi connectivity index (χ0n) is 24.0. The molecular weight excluding hydrogens is 606 g/mol. The Morgan fingerprint density at radius 1 is 1.14 bits per heavy atom. The molecule has 236 valence electrons. The van der Waals surface area contributed by atoms with E-state index < -0.39 is 42.2 Å². The maximum absolute atomic E-state index is 12.8. The van der Waals surface area contributed by atoms with Crippen LogP contribution in [0.25, 0.3) is 0 Å². The molecule has 0 aromatic carbocycles. The van der Waals surface area contributed by atoms with E-state index in [2.05, 4.69) is 14.7 Å². The Kier molecular flexibility index (Phi) is 14.6. The molecule has 2 heterocycles. The van der Waals surface area contributed by atoms with Gasteiger partial charge in [-0.1, -0.05) is 17.2 Å². The summed E-state index contributed by atoms with van der Waals surface area (Å²) in [6, 6.07) is 2.10. The van der Waals surface area contributed by atoms with Crippen molar-refractivity contribution in [3.05, 3.63) is 46.0 Å². The highest BCUT2D eigenvalue weighted by Crippen LogP contribution is 2.30. The fraction of sp³-hybridized carbons (Fsp3) is 0.500. The molecule has 4 amide bonds. The number of carboxylic acid groups (broad SMARTS) is 1. The third kappa shape index (κ3) is 12.4. The third-order valence-corrected chi connectivity index (χ3v) is 8.39. The van der Waals surface area contributed by atoms with Gasteiger partial charge in [0.15, 0.2) is 18.1 Å². The van der Waals surface area contributed by atoms with Crippen LogP contribution in [-0.4, -0.2) is 88.7 Å². The fourth-order valence-electron chi connectivity index (χ4n) is 3.51. The van der Waals surface area contributed by atoms with E-state index in [1.54, 1.807) is 22.9 Å². The van der Waals surface area contributed by atoms with Gasteiger partial charge in [-0.15, -0.1) is 0 Å². The summed E-state index contributed by atoms with van der Waals surface area (Å²) in [5.41, 5.74) is 5.54. The number of hydrogen-bond donors (Lipinski definition) is 3. The van der Waals surface area contributed by atoms with E-state index >= 15 is 0 Å². The summed E-state index contributed by atoms with van der Waals surface area (Å²) in [5, 5.41) is 12.6. The first-order valence-corrected chi connectivity index (χ1v) is 15.5. The van der Waals surface area contributed by atoms with E-state index in [0.29, 0.717) is 12.0 Å². The molecule has 0 fully saturated rings. The number of hydrogen-bond acceptors (Lipinski definition) is 12. The minimum atomic E-state index is -1.24. The van der Waals surface area contributed by atoms with Gasteiger partial charge < -0.3 is 39.5 Å². The lowest BCUT2D eigenvalue weighted by Crippen LogP contribution is -2.50. The summed E-state index contributed by atoms with van der Waals surface area (Å²) in [4.78, 5) is 77.6. The topological polar surface area (TPSA) is 216 Å². The Labute approximate surface area is 255 Å². The first-order chi connectivity index (χ1) is 20.4. The maximum Gasteiger partial charge on any atom is 0.519 e. The number of carboxylic acids is 1. The van der Waals surface area contributed by atoms with Crippen LogP contribution in [0.15, 0.2) is 37.0 Å². The Morgan fingerprint density at radius 3 is 2.49 bits per heavy atom. The number of carbonyl (C=O) groups is 5. The van der Waals surface area contributed by atoms with Crippen LogP contribution >= 0.6 is 21.6 Å². The number of ether oxygens (including phenoxy) is 1. The molecule has 0 aliphatic heterocycles. The molecule has 2 aromatic rings. The predicted molar refractivity (Wildman–Crippen MR) is 156 cm³/mol. The SMILES string of the molecule is Cc1oc(=O)oc1COC(=O)N(C)CCNC(=O)[C@H](CC(=O)O)N(C)C(=O)CCCCCSSc1ccc(C(N)=O)cn1. The number of aryl methyl sites for hydroxylation is 1. The standard InChI is InChI=1S/C26H35N5O10S2/c1-16-19(41-26(38)40-16)15-39-25(37)30(2)11-10-28-24(36)18(13-22(33)34)31(3)21(32)7-5-4-6-12-42-43-20-9-8-17(14-29-20)23(27)35/h8-9,14,18H,4-7,10-13,15H2,1-3H3,(H2,27,35)(H,28,36)(H,33,34)/t18-/m0/s1. The van der Waals surface area contributed by atoms with Crippen LogP contribution in [0.4, 0.5) is 4.79 Å². The molecule has 43 heavy (non-hydrogen) atoms. The number of rotatable bonds is 18. The number of nitrogens with zero attached hydrogens (tertiary/aromatic N) is 3. The first-order valence-electron chi connectivity index (χ1n) is 13.2. The van der Waals surface area contributed by atoms with Gasteiger partial charge in [0.25, 0.3) is 0 Å². The average molecular weight is 642 g/mol. The summed E-state index contributed by atoms with van der Waals surface area (Å²) in [5.74, 6) is -2.64. The van der Waals surface area contributed by atoms with Crippen molar-refractivity contribution >= 4 is 51.4 Å². The van der Waals surface area contributed by atoms with Crippen LogP contribution < -0.4 is 16.9 Å². The van der Waals surface area contributed by atoms with Crippen molar-refractivity contribution in [3.63, 3.8) is 0 Å². The lowest BCUT2D eigenvalue weighted by molar-refractivity contribution is -0.145. The molecular formula is C26H35N5O10S2. The molecule has 0 spiro atoms. The summed E-state index contributed by atoms with van der Waals surface area (Å²) >= 11 is 0. The molecule has 0 aliphatic rings. The Morgan fingerprint density at radius 2 is 1.88 bits per heavy atom. The molecule has 0 aliphatic carbocycles. The van der Waals surface area contributed by atoms with Crippen LogP contribution in [0.5, 0.6) is 0 Å². The van der Waals surface area contributed by atoms with E-state index in [-0.39, 0.29) is 43.5 Å². The summed E-state index contributed by atoms with van der Waals surface area (Å²) in [6.07, 6.45) is 2.40. The molecule has 2 rings (SSSR count). The van der Waals surface area contributed by atoms with Crippen molar-refractivity contribution in [1.29, 1.82) is 0 Å². The lowest BCUT2D eigenvalue weighted by Gasteiger charge is -2.26. The monoisotopic (exact) mass is 641 g/mol. The highest BCUT2D eigenvalue weighted by molar-refractivity contribution is 8.76. The summed E-state index contributed by atoms with van der Waals surface area (Å²) < 4.78 is 14.5. The zero-order valence-corrected chi connectivity index (χ0v) is 25.7. The van der Waals surface area contributed by atoms with E-state index in [4.69, 9.17) is 14.9 Å². The van der Waals surface area contributed by atoms with Gasteiger partial charge >= 0.3 is 17.9 Å². The number of aliphatic carboxylic acids is 1. The predicted octanol–water partition coefficient (Wildman–Crippen LogP) is 2.02. The zero-order chi connectivity index (χ0) is 31.9. The number of pyridine rings is 1. The smallest absolute Gasteiger partial charge is 0.481 e. The number of nitrogens with two attached hydrogens (primary N) is 1. The van der Waals surface area contributed by atoms with Crippen LogP contribution in [0.3, 0.4) is 0 Å². The van der Waals surface area contributed by atoms with Gasteiger partial charge in [0, 0.05) is 45.6 Å². The molecule has 0 saturated carbocycles. The third-order valence-electron chi connectivity index (χ3n) is 6.04. The van der Waals surface area contributed by atoms with Crippen molar-refractivity contribution < 1.29 is 42.7 Å². The number of primary amides is 1. The second-order valence-corrected chi connectivity index (χ2v) is 11.7. The van der Waals surface area contributed by atoms with Gasteiger partial charge in [-0.05, 0) is 42.7 Å². The number of aromatic nitrogens is 1. The molecule has 1 atom stereocenters. The Hall–Kier alpha value is -3.99. The van der Waals surface area contributed by atoms with Gasteiger partial charge in [0.1, 0.15) is 11.1 Å². The minimum absolute atomic E-state index is 0.0249. The van der Waals surface area contributed by atoms with Crippen molar-refractivity contribution in [2.75, 3.05) is 32.9 Å². The number of amides is 4. The lowest BCUT2D eigenvalue weighted by atomic mass is 10.1. The average Bonchev–Trinajstić information content (AvgIpc) is 3.29. The molecule has 0 bridgehead atoms. The first kappa shape index (κ1) is 35.2. The fourth-order valence-corrected chi connectivity index (χ4v) is 5.52. The molecule has 0 unspecified atom stereocenters. The van der Waals surface area contributed by atoms with Crippen molar-refractivity contribution in [3.8, 4) is 0 Å². The molecule has 4 N–H and O–H groups in total. The van der Waals surface area contributed by atoms with Gasteiger partial charge in [-0.25, -0.2) is 14.6 Å². The second kappa shape index (κ2) is 17.8. The Bertz CT molecular complexity index is 1310. The molecule has 15 nitrogen and oxygen atoms in total. The highest BCUT2D eigenvalue weighted by atomic mass is 33.1. The normalized spacial score (nSPS) is 11.4. The van der Waals surface area contributed by atoms with Crippen molar-refractivity contribution in [2.24, 2.45) is 5.73 Å². The largest absolute Gasteiger partial charge is 0.519 e. The number of unbranched alkanes of at least 4 members (excludes halogenated alkanes) is 2. The summed E-state index contributed by atoms with van der Waals surface area (Å²) in [6.45, 7) is 1.17. The maximum atomic E-state index is 12.8. The molecule has 0 saturated heterocycles. The number of likely N-dealkylation sites (N-methyl/N-ethyl adjacent to an activating group) is 2. The quantitative estimate of drug-likeness (QED) is 0.157. The van der Waals surface area contributed by atoms with E-state index in [9.17, 15) is 33.9 Å². The van der Waals surface area contributed by atoms with Crippen LogP contribution in [0.1, 0.15) is 54.0 Å². The molecule has 17 heteroatoms. The Balaban J connectivity index is 1.69.